The number of fused-ring (bicyclic) bond motifs is 3. The number of nitro benzene ring substituents is 1. The zero-order valence-corrected chi connectivity index (χ0v) is 46.6. The summed E-state index contributed by atoms with van der Waals surface area (Å²) in [6.07, 6.45) is 7.51. The molecule has 0 spiro atoms. The molecular weight excluding hydrogens is 997 g/mol. The first-order chi connectivity index (χ1) is 36.5. The van der Waals surface area contributed by atoms with E-state index in [0.29, 0.717) is 63.4 Å². The Morgan fingerprint density at radius 2 is 1.57 bits per heavy atom. The summed E-state index contributed by atoms with van der Waals surface area (Å²) in [5.74, 6) is -8.49. The zero-order chi connectivity index (χ0) is 56.7. The third-order valence-electron chi connectivity index (χ3n) is 16.1. The van der Waals surface area contributed by atoms with Crippen molar-refractivity contribution in [3.05, 3.63) is 82.0 Å². The van der Waals surface area contributed by atoms with Crippen LogP contribution in [0.1, 0.15) is 126 Å². The number of amides is 1. The summed E-state index contributed by atoms with van der Waals surface area (Å²) in [7, 11) is 4.44. The number of hydrogen-bond donors (Lipinski definition) is 3. The number of nitro groups is 1. The first-order valence-corrected chi connectivity index (χ1v) is 27.3. The summed E-state index contributed by atoms with van der Waals surface area (Å²) in [4.78, 5) is 83.5. The molecule has 4 aliphatic rings. The summed E-state index contributed by atoms with van der Waals surface area (Å²) in [5, 5.41) is 45.9. The lowest BCUT2D eigenvalue weighted by molar-refractivity contribution is -0.384. The van der Waals surface area contributed by atoms with Gasteiger partial charge in [-0.3, -0.25) is 24.5 Å². The van der Waals surface area contributed by atoms with Gasteiger partial charge >= 0.3 is 12.1 Å². The van der Waals surface area contributed by atoms with Crippen LogP contribution in [0.2, 0.25) is 0 Å². The molecule has 77 heavy (non-hydrogen) atoms. The van der Waals surface area contributed by atoms with E-state index >= 15 is 0 Å². The lowest BCUT2D eigenvalue weighted by atomic mass is 9.78. The molecule has 1 aromatic carbocycles. The van der Waals surface area contributed by atoms with Gasteiger partial charge in [-0.25, -0.2) is 9.59 Å². The number of non-ortho nitro benzene ring substituents is 1. The van der Waals surface area contributed by atoms with E-state index in [0.717, 1.165) is 22.6 Å². The van der Waals surface area contributed by atoms with E-state index in [1.165, 1.54) is 26.4 Å². The van der Waals surface area contributed by atoms with Crippen molar-refractivity contribution < 1.29 is 77.4 Å². The van der Waals surface area contributed by atoms with E-state index in [4.69, 9.17) is 33.2 Å². The largest absolute Gasteiger partial charge is 0.514 e. The van der Waals surface area contributed by atoms with Crippen LogP contribution in [0, 0.1) is 45.6 Å². The van der Waals surface area contributed by atoms with Gasteiger partial charge in [0.25, 0.3) is 17.4 Å². The smallest absolute Gasteiger partial charge is 0.460 e. The van der Waals surface area contributed by atoms with E-state index in [1.807, 2.05) is 51.2 Å². The number of ether oxygens (including phenoxy) is 7. The second-order valence-electron chi connectivity index (χ2n) is 22.0. The lowest BCUT2D eigenvalue weighted by Gasteiger charge is -2.43. The molecule has 1 amide bonds. The van der Waals surface area contributed by atoms with Gasteiger partial charge in [-0.2, -0.15) is 0 Å². The molecule has 16 atom stereocenters. The number of methoxy groups -OCH3 is 3. The van der Waals surface area contributed by atoms with Gasteiger partial charge in [0.15, 0.2) is 5.78 Å². The molecule has 5 rings (SSSR count). The minimum absolute atomic E-state index is 0.0149. The quantitative estimate of drug-likeness (QED) is 0.0527. The van der Waals surface area contributed by atoms with Crippen LogP contribution in [0.5, 0.6) is 5.75 Å². The average Bonchev–Trinajstić information content (AvgIpc) is 3.41. The number of esters is 1. The maximum absolute atomic E-state index is 14.8. The molecule has 3 fully saturated rings. The highest BCUT2D eigenvalue weighted by Crippen LogP contribution is 2.38. The fourth-order valence-corrected chi connectivity index (χ4v) is 11.3. The van der Waals surface area contributed by atoms with Gasteiger partial charge < -0.3 is 53.4 Å². The van der Waals surface area contributed by atoms with Crippen LogP contribution in [-0.4, -0.2) is 143 Å². The Labute approximate surface area is 453 Å². The van der Waals surface area contributed by atoms with Crippen molar-refractivity contribution in [3.63, 3.8) is 0 Å². The summed E-state index contributed by atoms with van der Waals surface area (Å²) in [6.45, 7) is 12.5. The Hall–Kier alpha value is -5.15. The molecule has 19 heteroatoms. The van der Waals surface area contributed by atoms with Crippen molar-refractivity contribution in [2.24, 2.45) is 35.5 Å². The van der Waals surface area contributed by atoms with Gasteiger partial charge in [-0.05, 0) is 119 Å². The van der Waals surface area contributed by atoms with E-state index in [9.17, 15) is 49.4 Å². The highest BCUT2D eigenvalue weighted by Gasteiger charge is 2.53. The topological polar surface area (TPSA) is 257 Å². The number of ketones is 2. The molecule has 428 valence electrons. The molecule has 0 radical (unpaired) electrons. The SMILES string of the molecule is CO[C@H]1C[C@@H]2CC[C@@H](C)[C@@](O)(O2)C(=O)C(=O)N2CCCC[C@H]2C(=O)O[C@H]([C@H](C)C[C@@H]2CC[C@@H](O)[C@H](OC)C2)C[C@@H](OC(=O)Oc2ccc([N+](=O)[O-])cc2)[C@H](C)/C=C(\C)[C@@H](O)[C@@H](OC)C(=O)[C@H](C)C[C@H](C)/C=C/C=C/C=C/1C. The van der Waals surface area contributed by atoms with Crippen molar-refractivity contribution >= 4 is 35.3 Å². The van der Waals surface area contributed by atoms with Gasteiger partial charge in [-0.1, -0.05) is 71.1 Å². The summed E-state index contributed by atoms with van der Waals surface area (Å²) in [6, 6.07) is 3.57. The third kappa shape index (κ3) is 16.9. The van der Waals surface area contributed by atoms with E-state index < -0.39 is 113 Å². The van der Waals surface area contributed by atoms with Gasteiger partial charge in [0, 0.05) is 70.6 Å². The minimum atomic E-state index is -2.50. The Balaban J connectivity index is 1.57. The Morgan fingerprint density at radius 3 is 2.23 bits per heavy atom. The number of carbonyl (C=O) groups is 5. The molecule has 2 bridgehead atoms. The van der Waals surface area contributed by atoms with Crippen LogP contribution in [0.25, 0.3) is 0 Å². The van der Waals surface area contributed by atoms with E-state index in [2.05, 4.69) is 0 Å². The van der Waals surface area contributed by atoms with Crippen LogP contribution in [0.3, 0.4) is 0 Å². The summed E-state index contributed by atoms with van der Waals surface area (Å²) < 4.78 is 41.4. The number of rotatable bonds is 9. The number of benzene rings is 1. The monoisotopic (exact) mass is 1080 g/mol. The van der Waals surface area contributed by atoms with Crippen molar-refractivity contribution in [2.45, 2.75) is 186 Å². The van der Waals surface area contributed by atoms with Crippen LogP contribution < -0.4 is 4.74 Å². The molecule has 1 aliphatic carbocycles. The van der Waals surface area contributed by atoms with Crippen LogP contribution in [-0.2, 0) is 47.6 Å². The van der Waals surface area contributed by atoms with Crippen molar-refractivity contribution in [3.8, 4) is 5.75 Å². The minimum Gasteiger partial charge on any atom is -0.460 e. The van der Waals surface area contributed by atoms with Crippen molar-refractivity contribution in [1.29, 1.82) is 0 Å². The summed E-state index contributed by atoms with van der Waals surface area (Å²) in [5.41, 5.74) is 0.939. The van der Waals surface area contributed by atoms with Crippen LogP contribution >= 0.6 is 0 Å². The predicted molar refractivity (Wildman–Crippen MR) is 284 cm³/mol. The number of cyclic esters (lactones) is 1. The fourth-order valence-electron chi connectivity index (χ4n) is 11.3. The van der Waals surface area contributed by atoms with Crippen LogP contribution in [0.15, 0.2) is 71.9 Å². The number of carbonyl (C=O) groups excluding carboxylic acids is 5. The predicted octanol–water partition coefficient (Wildman–Crippen LogP) is 8.10. The number of Topliss-reactive ketones (excluding diaryl/α,β-unsaturated/α-hetero) is 2. The number of nitrogens with zero attached hydrogens (tertiary/aromatic N) is 2. The molecule has 0 aromatic heterocycles. The Bertz CT molecular complexity index is 2300. The maximum Gasteiger partial charge on any atom is 0.514 e. The molecule has 2 saturated heterocycles. The number of aliphatic hydroxyl groups excluding tert-OH is 2. The first kappa shape index (κ1) is 62.7. The summed E-state index contributed by atoms with van der Waals surface area (Å²) >= 11 is 0. The van der Waals surface area contributed by atoms with Crippen LogP contribution in [0.4, 0.5) is 10.5 Å². The molecule has 1 aromatic rings. The zero-order valence-electron chi connectivity index (χ0n) is 46.6. The van der Waals surface area contributed by atoms with Crippen molar-refractivity contribution in [2.75, 3.05) is 27.9 Å². The first-order valence-electron chi connectivity index (χ1n) is 27.3. The standard InChI is InChI=1S/C58H84N2O17/c1-34-16-12-11-13-17-35(2)47(71-8)32-44-23-19-40(7)58(68,77-44)54(64)55(65)59-27-15-14-18-45(59)56(66)75-48(37(4)30-41-20-26-46(61)50(31-41)72-9)33-49(76-57(67)74-43-24-21-42(22-25-43)60(69)70)36(3)29-39(6)52(63)53(73-10)51(62)38(5)28-34/h11-13,16-17,21-22,24-25,29,34,36-38,40-41,44-50,52-53,61,63,68H,14-15,18-20,23,26-28,30-33H2,1-10H3/b13-11+,16-12+,35-17+,39-29+/t34-,36-,37-,38-,40-,41+,44+,45+,46-,47+,48+,49-,50-,52-,53+,58-/m1/s1. The number of hydrogen-bond acceptors (Lipinski definition) is 17. The number of piperidine rings is 1. The van der Waals surface area contributed by atoms with E-state index in [-0.39, 0.29) is 54.9 Å². The molecule has 0 unspecified atom stereocenters. The Kier molecular flexibility index (Phi) is 23.8. The number of allylic oxidation sites excluding steroid dienone is 5. The molecule has 3 heterocycles. The maximum atomic E-state index is 14.8. The molecule has 19 nitrogen and oxygen atoms in total. The lowest BCUT2D eigenvalue weighted by Crippen LogP contribution is -2.61. The Morgan fingerprint density at radius 1 is 0.857 bits per heavy atom. The molecular formula is C58H84N2O17. The van der Waals surface area contributed by atoms with Gasteiger partial charge in [0.2, 0.25) is 5.79 Å². The third-order valence-corrected chi connectivity index (χ3v) is 16.1. The molecule has 1 saturated carbocycles. The highest BCUT2D eigenvalue weighted by molar-refractivity contribution is 6.39. The number of aliphatic hydroxyl groups is 3. The van der Waals surface area contributed by atoms with Gasteiger partial charge in [0.1, 0.15) is 36.2 Å². The molecule has 3 N–H and O–H groups in total. The average molecular weight is 1080 g/mol. The fraction of sp³-hybridized carbons (Fsp3) is 0.672. The normalized spacial score (nSPS) is 36.7. The second-order valence-corrected chi connectivity index (χ2v) is 22.0. The van der Waals surface area contributed by atoms with E-state index in [1.54, 1.807) is 40.9 Å². The highest BCUT2D eigenvalue weighted by atomic mass is 16.7. The van der Waals surface area contributed by atoms with Gasteiger partial charge in [0.05, 0.1) is 29.3 Å². The van der Waals surface area contributed by atoms with Crippen molar-refractivity contribution in [1.82, 2.24) is 4.90 Å². The second kappa shape index (κ2) is 29.2. The van der Waals surface area contributed by atoms with Gasteiger partial charge in [-0.15, -0.1) is 0 Å². The molecule has 3 aliphatic heterocycles.